The number of carboxylic acid groups (broad SMARTS) is 2. The molecule has 0 spiro atoms. The van der Waals surface area contributed by atoms with E-state index in [2.05, 4.69) is 28.6 Å². The van der Waals surface area contributed by atoms with Gasteiger partial charge < -0.3 is 37.0 Å². The Morgan fingerprint density at radius 3 is 1.85 bits per heavy atom. The summed E-state index contributed by atoms with van der Waals surface area (Å²) in [6, 6.07) is 0.567. The highest BCUT2D eigenvalue weighted by Crippen LogP contribution is 2.12. The van der Waals surface area contributed by atoms with Crippen LogP contribution in [0.1, 0.15) is 25.8 Å². The highest BCUT2D eigenvalue weighted by Gasteiger charge is 2.31. The lowest BCUT2D eigenvalue weighted by Gasteiger charge is -2.24. The normalized spacial score (nSPS) is 14.4. The zero-order valence-electron chi connectivity index (χ0n) is 18.7. The SMILES string of the molecule is CC(C)C(N)C(=O)NC(CC(=O)O)C(=O)NC(CS)C(=O)NC(Cc1ccc(O)cc1)C(=O)O. The van der Waals surface area contributed by atoms with Crippen molar-refractivity contribution in [1.82, 2.24) is 16.0 Å². The van der Waals surface area contributed by atoms with E-state index in [0.29, 0.717) is 5.56 Å². The van der Waals surface area contributed by atoms with E-state index in [1.165, 1.54) is 24.3 Å². The Kier molecular flexibility index (Phi) is 11.3. The standard InChI is InChI=1S/C21H30N4O8S/c1-10(2)17(22)20(31)23-13(8-16(27)28)18(29)25-15(9-34)19(30)24-14(21(32)33)7-11-3-5-12(26)6-4-11/h3-6,10,13-15,17,26,34H,7-9,22H2,1-2H3,(H,23,31)(H,24,30)(H,25,29)(H,27,28)(H,32,33). The number of nitrogens with one attached hydrogen (secondary N) is 3. The molecular weight excluding hydrogens is 468 g/mol. The van der Waals surface area contributed by atoms with E-state index in [1.807, 2.05) is 0 Å². The Balaban J connectivity index is 2.90. The Labute approximate surface area is 201 Å². The molecule has 0 heterocycles. The van der Waals surface area contributed by atoms with Gasteiger partial charge in [0.25, 0.3) is 0 Å². The molecule has 0 radical (unpaired) electrons. The largest absolute Gasteiger partial charge is 0.508 e. The lowest BCUT2D eigenvalue weighted by molar-refractivity contribution is -0.143. The number of rotatable bonds is 13. The Morgan fingerprint density at radius 1 is 0.882 bits per heavy atom. The first-order valence-electron chi connectivity index (χ1n) is 10.4. The van der Waals surface area contributed by atoms with Crippen LogP contribution in [-0.4, -0.2) is 74.9 Å². The van der Waals surface area contributed by atoms with Gasteiger partial charge in [0.1, 0.15) is 23.9 Å². The summed E-state index contributed by atoms with van der Waals surface area (Å²) < 4.78 is 0. The molecule has 0 aliphatic heterocycles. The van der Waals surface area contributed by atoms with Crippen molar-refractivity contribution in [2.75, 3.05) is 5.75 Å². The Morgan fingerprint density at radius 2 is 1.38 bits per heavy atom. The maximum Gasteiger partial charge on any atom is 0.326 e. The molecule has 4 unspecified atom stereocenters. The molecular formula is C21H30N4O8S. The fourth-order valence-corrected chi connectivity index (χ4v) is 3.02. The zero-order valence-corrected chi connectivity index (χ0v) is 19.6. The molecule has 12 nitrogen and oxygen atoms in total. The number of thiol groups is 1. The number of phenols is 1. The molecule has 0 aliphatic rings. The number of phenolic OH excluding ortho intramolecular Hbond substituents is 1. The van der Waals surface area contributed by atoms with Crippen LogP contribution in [-0.2, 0) is 30.4 Å². The maximum absolute atomic E-state index is 12.6. The van der Waals surface area contributed by atoms with Gasteiger partial charge >= 0.3 is 11.9 Å². The first-order valence-corrected chi connectivity index (χ1v) is 11.0. The van der Waals surface area contributed by atoms with Crippen LogP contribution in [0.4, 0.5) is 0 Å². The second-order valence-corrected chi connectivity index (χ2v) is 8.31. The Hall–Kier alpha value is -3.32. The third-order valence-corrected chi connectivity index (χ3v) is 5.20. The minimum absolute atomic E-state index is 0.00475. The van der Waals surface area contributed by atoms with Crippen molar-refractivity contribution >= 4 is 42.3 Å². The third kappa shape index (κ3) is 9.27. The average molecular weight is 499 g/mol. The molecule has 0 saturated heterocycles. The highest BCUT2D eigenvalue weighted by molar-refractivity contribution is 7.80. The molecule has 0 saturated carbocycles. The second-order valence-electron chi connectivity index (χ2n) is 7.94. The number of benzene rings is 1. The van der Waals surface area contributed by atoms with Gasteiger partial charge in [0.05, 0.1) is 12.5 Å². The molecule has 1 rings (SSSR count). The van der Waals surface area contributed by atoms with E-state index in [-0.39, 0.29) is 23.8 Å². The molecule has 0 fully saturated rings. The molecule has 0 bridgehead atoms. The van der Waals surface area contributed by atoms with Gasteiger partial charge in [-0.3, -0.25) is 19.2 Å². The number of amides is 3. The number of carbonyl (C=O) groups excluding carboxylic acids is 3. The molecule has 13 heteroatoms. The van der Waals surface area contributed by atoms with Crippen LogP contribution in [0.15, 0.2) is 24.3 Å². The number of hydrogen-bond donors (Lipinski definition) is 8. The lowest BCUT2D eigenvalue weighted by Crippen LogP contribution is -2.58. The van der Waals surface area contributed by atoms with Crippen molar-refractivity contribution in [3.63, 3.8) is 0 Å². The number of hydrogen-bond acceptors (Lipinski definition) is 8. The minimum Gasteiger partial charge on any atom is -0.508 e. The van der Waals surface area contributed by atoms with E-state index in [1.54, 1.807) is 13.8 Å². The summed E-state index contributed by atoms with van der Waals surface area (Å²) in [7, 11) is 0. The quantitative estimate of drug-likeness (QED) is 0.154. The van der Waals surface area contributed by atoms with Crippen molar-refractivity contribution in [2.45, 2.75) is 50.9 Å². The molecule has 188 valence electrons. The molecule has 8 N–H and O–H groups in total. The van der Waals surface area contributed by atoms with Gasteiger partial charge in [-0.15, -0.1) is 0 Å². The summed E-state index contributed by atoms with van der Waals surface area (Å²) in [5.74, 6) is -5.78. The van der Waals surface area contributed by atoms with E-state index >= 15 is 0 Å². The topological polar surface area (TPSA) is 208 Å². The number of carboxylic acids is 2. The van der Waals surface area contributed by atoms with Crippen molar-refractivity contribution in [1.29, 1.82) is 0 Å². The fourth-order valence-electron chi connectivity index (χ4n) is 2.76. The predicted molar refractivity (Wildman–Crippen MR) is 124 cm³/mol. The molecule has 3 amide bonds. The first-order chi connectivity index (χ1) is 15.8. The molecule has 1 aromatic rings. The van der Waals surface area contributed by atoms with E-state index in [0.717, 1.165) is 0 Å². The van der Waals surface area contributed by atoms with Crippen LogP contribution in [0.5, 0.6) is 5.75 Å². The molecule has 1 aromatic carbocycles. The van der Waals surface area contributed by atoms with E-state index in [4.69, 9.17) is 10.8 Å². The van der Waals surface area contributed by atoms with Gasteiger partial charge in [-0.1, -0.05) is 26.0 Å². The molecule has 0 aliphatic carbocycles. The summed E-state index contributed by atoms with van der Waals surface area (Å²) in [5.41, 5.74) is 6.26. The number of aromatic hydroxyl groups is 1. The van der Waals surface area contributed by atoms with Gasteiger partial charge in [0, 0.05) is 12.2 Å². The van der Waals surface area contributed by atoms with Crippen molar-refractivity contribution in [2.24, 2.45) is 11.7 Å². The summed E-state index contributed by atoms with van der Waals surface area (Å²) in [6.45, 7) is 3.35. The smallest absolute Gasteiger partial charge is 0.326 e. The maximum atomic E-state index is 12.6. The summed E-state index contributed by atoms with van der Waals surface area (Å²) >= 11 is 4.01. The number of nitrogens with two attached hydrogens (primary N) is 1. The van der Waals surface area contributed by atoms with E-state index in [9.17, 15) is 34.2 Å². The number of carbonyl (C=O) groups is 5. The van der Waals surface area contributed by atoms with Gasteiger partial charge in [-0.25, -0.2) is 4.79 Å². The van der Waals surface area contributed by atoms with Crippen LogP contribution in [0.3, 0.4) is 0 Å². The van der Waals surface area contributed by atoms with Crippen LogP contribution in [0.25, 0.3) is 0 Å². The molecule has 34 heavy (non-hydrogen) atoms. The predicted octanol–water partition coefficient (Wildman–Crippen LogP) is -1.14. The average Bonchev–Trinajstić information content (AvgIpc) is 2.76. The second kappa shape index (κ2) is 13.4. The monoisotopic (exact) mass is 498 g/mol. The lowest BCUT2D eigenvalue weighted by atomic mass is 10.0. The van der Waals surface area contributed by atoms with Crippen molar-refractivity contribution in [3.05, 3.63) is 29.8 Å². The summed E-state index contributed by atoms with van der Waals surface area (Å²) in [5, 5.41) is 34.8. The zero-order chi connectivity index (χ0) is 26.0. The summed E-state index contributed by atoms with van der Waals surface area (Å²) in [4.78, 5) is 60.3. The van der Waals surface area contributed by atoms with Gasteiger partial charge in [0.15, 0.2) is 0 Å². The van der Waals surface area contributed by atoms with E-state index < -0.39 is 60.2 Å². The fraction of sp³-hybridized carbons (Fsp3) is 0.476. The molecule has 0 aromatic heterocycles. The summed E-state index contributed by atoms with van der Waals surface area (Å²) in [6.07, 6.45) is -0.860. The van der Waals surface area contributed by atoms with Crippen LogP contribution in [0, 0.1) is 5.92 Å². The van der Waals surface area contributed by atoms with Gasteiger partial charge in [-0.2, -0.15) is 12.6 Å². The third-order valence-electron chi connectivity index (χ3n) is 4.84. The van der Waals surface area contributed by atoms with Crippen LogP contribution < -0.4 is 21.7 Å². The molecule has 4 atom stereocenters. The Bertz CT molecular complexity index is 893. The van der Waals surface area contributed by atoms with Crippen molar-refractivity contribution in [3.8, 4) is 5.75 Å². The van der Waals surface area contributed by atoms with Gasteiger partial charge in [0.2, 0.25) is 17.7 Å². The number of aliphatic carboxylic acids is 2. The van der Waals surface area contributed by atoms with Gasteiger partial charge in [-0.05, 0) is 23.6 Å². The first kappa shape index (κ1) is 28.7. The van der Waals surface area contributed by atoms with Crippen LogP contribution >= 0.6 is 12.6 Å². The van der Waals surface area contributed by atoms with Crippen molar-refractivity contribution < 1.29 is 39.3 Å². The van der Waals surface area contributed by atoms with Crippen LogP contribution in [0.2, 0.25) is 0 Å². The highest BCUT2D eigenvalue weighted by atomic mass is 32.1. The minimum atomic E-state index is -1.52.